The van der Waals surface area contributed by atoms with Crippen LogP contribution in [-0.2, 0) is 14.6 Å². The molecule has 5 nitrogen and oxygen atoms in total. The highest BCUT2D eigenvalue weighted by Gasteiger charge is 2.33. The number of hydrogen-bond donors (Lipinski definition) is 1. The van der Waals surface area contributed by atoms with Gasteiger partial charge in [0.25, 0.3) is 0 Å². The summed E-state index contributed by atoms with van der Waals surface area (Å²) in [5.74, 6) is -0.347. The highest BCUT2D eigenvalue weighted by atomic mass is 32.2. The van der Waals surface area contributed by atoms with Gasteiger partial charge in [-0.2, -0.15) is 0 Å². The third-order valence-electron chi connectivity index (χ3n) is 3.95. The molecule has 21 heavy (non-hydrogen) atoms. The van der Waals surface area contributed by atoms with E-state index in [0.29, 0.717) is 6.54 Å². The Labute approximate surface area is 126 Å². The summed E-state index contributed by atoms with van der Waals surface area (Å²) >= 11 is 0. The van der Waals surface area contributed by atoms with Gasteiger partial charge >= 0.3 is 0 Å². The van der Waals surface area contributed by atoms with Crippen LogP contribution in [0.5, 0.6) is 0 Å². The number of fused-ring (bicyclic) bond motifs is 1. The molecular formula is C15H22N2O3S. The van der Waals surface area contributed by atoms with Gasteiger partial charge in [0.2, 0.25) is 5.91 Å². The van der Waals surface area contributed by atoms with Crippen molar-refractivity contribution in [2.24, 2.45) is 0 Å². The number of sulfone groups is 1. The second kappa shape index (κ2) is 6.15. The molecule has 1 aromatic rings. The van der Waals surface area contributed by atoms with Crippen molar-refractivity contribution in [1.29, 1.82) is 0 Å². The zero-order valence-corrected chi connectivity index (χ0v) is 13.5. The van der Waals surface area contributed by atoms with Crippen molar-refractivity contribution >= 4 is 21.4 Å². The topological polar surface area (TPSA) is 66.5 Å². The first kappa shape index (κ1) is 16.0. The van der Waals surface area contributed by atoms with Crippen molar-refractivity contribution in [1.82, 2.24) is 5.32 Å². The fourth-order valence-corrected chi connectivity index (χ4v) is 3.15. The van der Waals surface area contributed by atoms with E-state index in [9.17, 15) is 13.2 Å². The first-order chi connectivity index (χ1) is 9.86. The molecule has 1 amide bonds. The second-order valence-electron chi connectivity index (χ2n) is 5.42. The van der Waals surface area contributed by atoms with Gasteiger partial charge in [-0.25, -0.2) is 8.42 Å². The molecule has 0 bridgehead atoms. The summed E-state index contributed by atoms with van der Waals surface area (Å²) in [5.41, 5.74) is 1.87. The molecule has 1 aliphatic heterocycles. The fraction of sp³-hybridized carbons (Fsp3) is 0.533. The maximum Gasteiger partial charge on any atom is 0.245 e. The molecule has 1 aromatic carbocycles. The summed E-state index contributed by atoms with van der Waals surface area (Å²) < 4.78 is 23.3. The lowest BCUT2D eigenvalue weighted by Crippen LogP contribution is -2.45. The number of nitrogens with one attached hydrogen (secondary N) is 1. The number of carbonyl (C=O) groups excluding carboxylic acids is 1. The quantitative estimate of drug-likeness (QED) is 0.915. The molecule has 0 saturated heterocycles. The average Bonchev–Trinajstić information content (AvgIpc) is 2.45. The number of para-hydroxylation sites is 1. The van der Waals surface area contributed by atoms with E-state index >= 15 is 0 Å². The van der Waals surface area contributed by atoms with Gasteiger partial charge < -0.3 is 10.2 Å². The van der Waals surface area contributed by atoms with Gasteiger partial charge in [0.1, 0.15) is 5.25 Å². The molecule has 2 atom stereocenters. The Bertz CT molecular complexity index is 628. The van der Waals surface area contributed by atoms with Crippen LogP contribution < -0.4 is 10.2 Å². The molecule has 0 fully saturated rings. The van der Waals surface area contributed by atoms with E-state index in [4.69, 9.17) is 0 Å². The number of rotatable bonds is 4. The minimum absolute atomic E-state index is 0.212. The van der Waals surface area contributed by atoms with Crippen LogP contribution in [0.4, 0.5) is 5.69 Å². The van der Waals surface area contributed by atoms with E-state index in [0.717, 1.165) is 30.5 Å². The number of nitrogens with zero attached hydrogens (tertiary/aromatic N) is 1. The number of benzene rings is 1. The van der Waals surface area contributed by atoms with Crippen LogP contribution in [0.3, 0.4) is 0 Å². The second-order valence-corrected chi connectivity index (χ2v) is 7.79. The molecule has 0 radical (unpaired) electrons. The van der Waals surface area contributed by atoms with E-state index in [1.807, 2.05) is 31.2 Å². The lowest BCUT2D eigenvalue weighted by molar-refractivity contribution is -0.118. The molecule has 6 heteroatoms. The Balaban J connectivity index is 2.35. The Morgan fingerprint density at radius 2 is 2.10 bits per heavy atom. The molecule has 1 heterocycles. The van der Waals surface area contributed by atoms with Crippen molar-refractivity contribution in [3.05, 3.63) is 29.8 Å². The minimum Gasteiger partial charge on any atom is -0.311 e. The normalized spacial score (nSPS) is 20.0. The monoisotopic (exact) mass is 310 g/mol. The molecular weight excluding hydrogens is 288 g/mol. The fourth-order valence-electron chi connectivity index (χ4n) is 2.65. The van der Waals surface area contributed by atoms with Crippen LogP contribution in [0, 0.1) is 0 Å². The molecule has 116 valence electrons. The zero-order valence-electron chi connectivity index (χ0n) is 12.7. The molecule has 2 unspecified atom stereocenters. The number of anilines is 1. The highest BCUT2D eigenvalue weighted by molar-refractivity contribution is 7.92. The van der Waals surface area contributed by atoms with Crippen LogP contribution in [0.1, 0.15) is 31.9 Å². The van der Waals surface area contributed by atoms with Crippen LogP contribution in [0.2, 0.25) is 0 Å². The summed E-state index contributed by atoms with van der Waals surface area (Å²) in [5, 5.41) is 2.39. The first-order valence-electron chi connectivity index (χ1n) is 7.18. The van der Waals surface area contributed by atoms with Crippen molar-refractivity contribution in [2.75, 3.05) is 24.2 Å². The highest BCUT2D eigenvalue weighted by Crippen LogP contribution is 2.34. The number of carbonyl (C=O) groups is 1. The Morgan fingerprint density at radius 3 is 2.71 bits per heavy atom. The van der Waals surface area contributed by atoms with Crippen molar-refractivity contribution in [2.45, 2.75) is 31.6 Å². The van der Waals surface area contributed by atoms with Crippen LogP contribution in [-0.4, -0.2) is 38.9 Å². The largest absolute Gasteiger partial charge is 0.311 e. The number of hydrogen-bond acceptors (Lipinski definition) is 4. The van der Waals surface area contributed by atoms with E-state index in [-0.39, 0.29) is 11.9 Å². The SMILES string of the molecule is CCNC1CCN(C(=O)C(C)S(C)(=O)=O)c2ccccc21. The smallest absolute Gasteiger partial charge is 0.245 e. The maximum absolute atomic E-state index is 12.5. The van der Waals surface area contributed by atoms with Gasteiger partial charge in [0.15, 0.2) is 9.84 Å². The van der Waals surface area contributed by atoms with Crippen molar-refractivity contribution in [3.8, 4) is 0 Å². The molecule has 0 aliphatic carbocycles. The predicted octanol–water partition coefficient (Wildman–Crippen LogP) is 1.51. The Morgan fingerprint density at radius 1 is 1.43 bits per heavy atom. The van der Waals surface area contributed by atoms with Gasteiger partial charge in [-0.1, -0.05) is 25.1 Å². The average molecular weight is 310 g/mol. The summed E-state index contributed by atoms with van der Waals surface area (Å²) in [4.78, 5) is 14.1. The Hall–Kier alpha value is -1.40. The van der Waals surface area contributed by atoms with Crippen molar-refractivity contribution < 1.29 is 13.2 Å². The number of amides is 1. The molecule has 1 aliphatic rings. The van der Waals surface area contributed by atoms with Gasteiger partial charge in [-0.15, -0.1) is 0 Å². The lowest BCUT2D eigenvalue weighted by Gasteiger charge is -2.35. The molecule has 0 saturated carbocycles. The molecule has 0 spiro atoms. The van der Waals surface area contributed by atoms with E-state index in [1.165, 1.54) is 6.92 Å². The first-order valence-corrected chi connectivity index (χ1v) is 9.14. The Kier molecular flexibility index (Phi) is 4.68. The zero-order chi connectivity index (χ0) is 15.6. The minimum atomic E-state index is -3.38. The van der Waals surface area contributed by atoms with Crippen LogP contribution in [0.25, 0.3) is 0 Å². The van der Waals surface area contributed by atoms with Gasteiger partial charge in [-0.05, 0) is 31.5 Å². The van der Waals surface area contributed by atoms with Gasteiger partial charge in [-0.3, -0.25) is 4.79 Å². The van der Waals surface area contributed by atoms with E-state index < -0.39 is 15.1 Å². The maximum atomic E-state index is 12.5. The third kappa shape index (κ3) is 3.27. The summed E-state index contributed by atoms with van der Waals surface area (Å²) in [6, 6.07) is 7.90. The standard InChI is InChI=1S/C15H22N2O3S/c1-4-16-13-9-10-17(14-8-6-5-7-12(13)14)15(18)11(2)21(3,19)20/h5-8,11,13,16H,4,9-10H2,1-3H3. The van der Waals surface area contributed by atoms with Crippen molar-refractivity contribution in [3.63, 3.8) is 0 Å². The summed E-state index contributed by atoms with van der Waals surface area (Å²) in [6.07, 6.45) is 1.89. The van der Waals surface area contributed by atoms with Crippen LogP contribution in [0.15, 0.2) is 24.3 Å². The molecule has 1 N–H and O–H groups in total. The summed E-state index contributed by atoms with van der Waals surface area (Å²) in [6.45, 7) is 4.89. The lowest BCUT2D eigenvalue weighted by atomic mass is 9.96. The molecule has 0 aromatic heterocycles. The third-order valence-corrected chi connectivity index (χ3v) is 5.44. The summed E-state index contributed by atoms with van der Waals surface area (Å²) in [7, 11) is -3.38. The predicted molar refractivity (Wildman–Crippen MR) is 84.1 cm³/mol. The van der Waals surface area contributed by atoms with E-state index in [1.54, 1.807) is 4.90 Å². The van der Waals surface area contributed by atoms with E-state index in [2.05, 4.69) is 5.32 Å². The van der Waals surface area contributed by atoms with Crippen LogP contribution >= 0.6 is 0 Å². The molecule has 2 rings (SSSR count). The van der Waals surface area contributed by atoms with Gasteiger partial charge in [0, 0.05) is 24.5 Å². The van der Waals surface area contributed by atoms with Gasteiger partial charge in [0.05, 0.1) is 0 Å².